The molecule has 0 heterocycles. The van der Waals surface area contributed by atoms with Crippen LogP contribution in [0, 0.1) is 0 Å². The molecular weight excluding hydrogens is 576 g/mol. The summed E-state index contributed by atoms with van der Waals surface area (Å²) in [7, 11) is 0. The van der Waals surface area contributed by atoms with Gasteiger partial charge in [-0.2, -0.15) is 0 Å². The minimum atomic E-state index is -0.218. The lowest BCUT2D eigenvalue weighted by molar-refractivity contribution is 0.102. The number of hydrogen-bond acceptors (Lipinski definition) is 6. The largest absolute Gasteiger partial charge is 0.491 e. The van der Waals surface area contributed by atoms with Crippen LogP contribution in [-0.2, 0) is 0 Å². The third kappa shape index (κ3) is 12.9. The first-order valence-corrected chi connectivity index (χ1v) is 17.9. The van der Waals surface area contributed by atoms with Crippen molar-refractivity contribution in [1.82, 2.24) is 0 Å². The Kier molecular flexibility index (Phi) is 17.7. The molecule has 46 heavy (non-hydrogen) atoms. The maximum absolute atomic E-state index is 14.3. The van der Waals surface area contributed by atoms with Crippen molar-refractivity contribution in [3.63, 3.8) is 0 Å². The Morgan fingerprint density at radius 2 is 0.978 bits per heavy atom. The number of ether oxygens (including phenoxy) is 5. The van der Waals surface area contributed by atoms with Gasteiger partial charge in [-0.25, -0.2) is 0 Å². The summed E-state index contributed by atoms with van der Waals surface area (Å²) in [5.74, 6) is 2.75. The van der Waals surface area contributed by atoms with E-state index in [0.717, 1.165) is 75.5 Å². The lowest BCUT2D eigenvalue weighted by Crippen LogP contribution is -2.19. The molecular formula is C40H62O6. The highest BCUT2D eigenvalue weighted by molar-refractivity contribution is 6.11. The van der Waals surface area contributed by atoms with Crippen molar-refractivity contribution in [2.24, 2.45) is 0 Å². The SMILES string of the molecule is CCCC(C)Oc1ccc(OC(C)CCC)c(C=CC(=O)c2c(OC(C)CCC)ccc(OC(C)CCC)c2OC(C)CCC)c1. The van der Waals surface area contributed by atoms with Crippen molar-refractivity contribution in [3.05, 3.63) is 47.5 Å². The molecule has 2 aromatic carbocycles. The van der Waals surface area contributed by atoms with Crippen LogP contribution in [0.5, 0.6) is 28.7 Å². The topological polar surface area (TPSA) is 63.2 Å². The first kappa shape index (κ1) is 39.0. The summed E-state index contributed by atoms with van der Waals surface area (Å²) in [6, 6.07) is 9.57. The third-order valence-corrected chi connectivity index (χ3v) is 7.84. The Bertz CT molecular complexity index is 1200. The molecule has 2 aromatic rings. The zero-order chi connectivity index (χ0) is 34.1. The Balaban J connectivity index is 2.67. The van der Waals surface area contributed by atoms with Crippen LogP contribution in [-0.4, -0.2) is 36.3 Å². The molecule has 0 fully saturated rings. The van der Waals surface area contributed by atoms with Gasteiger partial charge in [-0.15, -0.1) is 0 Å². The molecule has 0 N–H and O–H groups in total. The highest BCUT2D eigenvalue weighted by Gasteiger charge is 2.26. The number of hydrogen-bond donors (Lipinski definition) is 0. The van der Waals surface area contributed by atoms with Crippen molar-refractivity contribution in [1.29, 1.82) is 0 Å². The predicted octanol–water partition coefficient (Wildman–Crippen LogP) is 11.4. The number of ketones is 1. The van der Waals surface area contributed by atoms with Gasteiger partial charge in [-0.05, 0) is 109 Å². The van der Waals surface area contributed by atoms with E-state index in [9.17, 15) is 4.79 Å². The molecule has 258 valence electrons. The van der Waals surface area contributed by atoms with Crippen LogP contribution < -0.4 is 23.7 Å². The summed E-state index contributed by atoms with van der Waals surface area (Å²) < 4.78 is 31.9. The van der Waals surface area contributed by atoms with E-state index in [0.29, 0.717) is 28.6 Å². The fraction of sp³-hybridized carbons (Fsp3) is 0.625. The monoisotopic (exact) mass is 638 g/mol. The summed E-state index contributed by atoms with van der Waals surface area (Å²) in [6.45, 7) is 21.0. The molecule has 0 saturated carbocycles. The van der Waals surface area contributed by atoms with Crippen molar-refractivity contribution in [2.75, 3.05) is 0 Å². The van der Waals surface area contributed by atoms with E-state index in [1.54, 1.807) is 6.08 Å². The maximum atomic E-state index is 14.3. The fourth-order valence-corrected chi connectivity index (χ4v) is 5.58. The molecule has 0 radical (unpaired) electrons. The van der Waals surface area contributed by atoms with Gasteiger partial charge >= 0.3 is 0 Å². The molecule has 0 aromatic heterocycles. The van der Waals surface area contributed by atoms with E-state index in [4.69, 9.17) is 23.7 Å². The van der Waals surface area contributed by atoms with Crippen LogP contribution in [0.2, 0.25) is 0 Å². The summed E-state index contributed by atoms with van der Waals surface area (Å²) in [5, 5.41) is 0. The number of carbonyl (C=O) groups excluding carboxylic acids is 1. The van der Waals surface area contributed by atoms with Gasteiger partial charge < -0.3 is 23.7 Å². The highest BCUT2D eigenvalue weighted by Crippen LogP contribution is 2.41. The second-order valence-corrected chi connectivity index (χ2v) is 12.7. The van der Waals surface area contributed by atoms with Crippen LogP contribution in [0.1, 0.15) is 149 Å². The number of benzene rings is 2. The molecule has 0 aliphatic rings. The van der Waals surface area contributed by atoms with Crippen molar-refractivity contribution in [2.45, 2.75) is 164 Å². The normalized spacial score (nSPS) is 14.7. The molecule has 0 spiro atoms. The molecule has 2 rings (SSSR count). The predicted molar refractivity (Wildman–Crippen MR) is 191 cm³/mol. The van der Waals surface area contributed by atoms with Gasteiger partial charge in [0, 0.05) is 5.56 Å². The lowest BCUT2D eigenvalue weighted by Gasteiger charge is -2.24. The molecule has 5 unspecified atom stereocenters. The smallest absolute Gasteiger partial charge is 0.193 e. The van der Waals surface area contributed by atoms with Crippen LogP contribution in [0.3, 0.4) is 0 Å². The van der Waals surface area contributed by atoms with Crippen LogP contribution in [0.4, 0.5) is 0 Å². The lowest BCUT2D eigenvalue weighted by atomic mass is 10.0. The Labute approximate surface area is 280 Å². The second-order valence-electron chi connectivity index (χ2n) is 12.7. The maximum Gasteiger partial charge on any atom is 0.193 e. The Morgan fingerprint density at radius 3 is 1.50 bits per heavy atom. The van der Waals surface area contributed by atoms with E-state index >= 15 is 0 Å². The van der Waals surface area contributed by atoms with Gasteiger partial charge in [0.2, 0.25) is 0 Å². The van der Waals surface area contributed by atoms with E-state index in [1.165, 1.54) is 0 Å². The molecule has 6 heteroatoms. The van der Waals surface area contributed by atoms with Crippen LogP contribution >= 0.6 is 0 Å². The van der Waals surface area contributed by atoms with Gasteiger partial charge in [-0.3, -0.25) is 4.79 Å². The summed E-state index contributed by atoms with van der Waals surface area (Å²) in [5.41, 5.74) is 1.17. The van der Waals surface area contributed by atoms with Crippen molar-refractivity contribution in [3.8, 4) is 28.7 Å². The molecule has 6 nitrogen and oxygen atoms in total. The van der Waals surface area contributed by atoms with E-state index in [-0.39, 0.29) is 36.3 Å². The Morgan fingerprint density at radius 1 is 0.565 bits per heavy atom. The zero-order valence-corrected chi connectivity index (χ0v) is 30.4. The highest BCUT2D eigenvalue weighted by atomic mass is 16.5. The van der Waals surface area contributed by atoms with Crippen LogP contribution in [0.25, 0.3) is 6.08 Å². The van der Waals surface area contributed by atoms with Gasteiger partial charge in [0.05, 0.1) is 30.5 Å². The third-order valence-electron chi connectivity index (χ3n) is 7.84. The minimum absolute atomic E-state index is 0.0271. The average Bonchev–Trinajstić information content (AvgIpc) is 2.99. The minimum Gasteiger partial charge on any atom is -0.491 e. The molecule has 0 aliphatic heterocycles. The average molecular weight is 639 g/mol. The standard InChI is InChI=1S/C40H62O6/c1-11-16-28(6)42-34-22-24-36(43-29(7)17-12-2)33(27-34)21-23-35(41)39-37(44-30(8)18-13-3)25-26-38(45-31(9)19-14-4)40(39)46-32(10)20-15-5/h21-32H,11-20H2,1-10H3. The van der Waals surface area contributed by atoms with Gasteiger partial charge in [0.1, 0.15) is 22.8 Å². The number of carbonyl (C=O) groups is 1. The summed E-state index contributed by atoms with van der Waals surface area (Å²) in [4.78, 5) is 14.3. The summed E-state index contributed by atoms with van der Waals surface area (Å²) in [6.07, 6.45) is 12.9. The van der Waals surface area contributed by atoms with Gasteiger partial charge in [0.15, 0.2) is 17.3 Å². The quantitative estimate of drug-likeness (QED) is 0.0891. The fourth-order valence-electron chi connectivity index (χ4n) is 5.58. The zero-order valence-electron chi connectivity index (χ0n) is 30.4. The molecule has 0 bridgehead atoms. The van der Waals surface area contributed by atoms with Gasteiger partial charge in [0.25, 0.3) is 0 Å². The number of allylic oxidation sites excluding steroid dienone is 1. The molecule has 5 atom stereocenters. The Hall–Kier alpha value is -3.15. The molecule has 0 aliphatic carbocycles. The van der Waals surface area contributed by atoms with E-state index in [2.05, 4.69) is 55.4 Å². The molecule has 0 saturated heterocycles. The second kappa shape index (κ2) is 20.9. The van der Waals surface area contributed by atoms with Crippen LogP contribution in [0.15, 0.2) is 36.4 Å². The van der Waals surface area contributed by atoms with Crippen molar-refractivity contribution >= 4 is 11.9 Å². The first-order chi connectivity index (χ1) is 22.1. The first-order valence-electron chi connectivity index (χ1n) is 17.9. The van der Waals surface area contributed by atoms with Crippen molar-refractivity contribution < 1.29 is 28.5 Å². The number of rotatable bonds is 23. The molecule has 0 amide bonds. The summed E-state index contributed by atoms with van der Waals surface area (Å²) >= 11 is 0. The van der Waals surface area contributed by atoms with E-state index in [1.807, 2.05) is 50.3 Å². The van der Waals surface area contributed by atoms with Gasteiger partial charge in [-0.1, -0.05) is 66.7 Å². The van der Waals surface area contributed by atoms with E-state index < -0.39 is 0 Å².